The summed E-state index contributed by atoms with van der Waals surface area (Å²) in [4.78, 5) is 7.70. The summed E-state index contributed by atoms with van der Waals surface area (Å²) in [5.74, 6) is 1.14. The van der Waals surface area contributed by atoms with Crippen molar-refractivity contribution in [3.05, 3.63) is 71.2 Å². The third-order valence-corrected chi connectivity index (χ3v) is 3.80. The molecule has 0 radical (unpaired) electrons. The van der Waals surface area contributed by atoms with Crippen molar-refractivity contribution in [2.24, 2.45) is 0 Å². The van der Waals surface area contributed by atoms with Crippen LogP contribution in [-0.2, 0) is 6.42 Å². The second-order valence-corrected chi connectivity index (χ2v) is 5.49. The summed E-state index contributed by atoms with van der Waals surface area (Å²) >= 11 is 5.99. The molecule has 2 aromatic carbocycles. The van der Waals surface area contributed by atoms with Crippen LogP contribution in [0.25, 0.3) is 22.3 Å². The van der Waals surface area contributed by atoms with Gasteiger partial charge in [-0.05, 0) is 23.8 Å². The Morgan fingerprint density at radius 2 is 2.00 bits per heavy atom. The molecule has 0 bridgehead atoms. The zero-order valence-corrected chi connectivity index (χ0v) is 12.3. The number of benzene rings is 2. The summed E-state index contributed by atoms with van der Waals surface area (Å²) in [5.41, 5.74) is 3.09. The average Bonchev–Trinajstić information content (AvgIpc) is 3.16. The number of aromatic nitrogens is 3. The van der Waals surface area contributed by atoms with Gasteiger partial charge in [0, 0.05) is 27.7 Å². The minimum absolute atomic E-state index is 0.553. The lowest BCUT2D eigenvalue weighted by Crippen LogP contribution is -1.87. The summed E-state index contributed by atoms with van der Waals surface area (Å²) in [6.07, 6.45) is 2.57. The van der Waals surface area contributed by atoms with Crippen molar-refractivity contribution in [3.63, 3.8) is 0 Å². The van der Waals surface area contributed by atoms with E-state index in [1.807, 2.05) is 48.7 Å². The van der Waals surface area contributed by atoms with E-state index in [0.29, 0.717) is 23.2 Å². The third-order valence-electron chi connectivity index (χ3n) is 3.57. The summed E-state index contributed by atoms with van der Waals surface area (Å²) in [6.45, 7) is 0. The van der Waals surface area contributed by atoms with E-state index in [9.17, 15) is 0 Å². The second-order valence-electron chi connectivity index (χ2n) is 5.06. The predicted molar refractivity (Wildman–Crippen MR) is 85.8 cm³/mol. The molecule has 0 saturated carbocycles. The summed E-state index contributed by atoms with van der Waals surface area (Å²) in [7, 11) is 0. The molecule has 4 rings (SSSR count). The smallest absolute Gasteiger partial charge is 0.231 e. The molecule has 0 saturated heterocycles. The van der Waals surface area contributed by atoms with Gasteiger partial charge in [-0.15, -0.1) is 0 Å². The maximum atomic E-state index is 5.99. The number of hydrogen-bond donors (Lipinski definition) is 1. The molecule has 4 aromatic rings. The maximum Gasteiger partial charge on any atom is 0.231 e. The van der Waals surface area contributed by atoms with Crippen molar-refractivity contribution in [3.8, 4) is 11.4 Å². The monoisotopic (exact) mass is 309 g/mol. The first kappa shape index (κ1) is 13.1. The van der Waals surface area contributed by atoms with Crippen LogP contribution in [0.3, 0.4) is 0 Å². The molecule has 1 N–H and O–H groups in total. The Morgan fingerprint density at radius 3 is 2.91 bits per heavy atom. The van der Waals surface area contributed by atoms with Gasteiger partial charge in [-0.3, -0.25) is 0 Å². The Labute approximate surface area is 131 Å². The van der Waals surface area contributed by atoms with Crippen LogP contribution in [0, 0.1) is 0 Å². The van der Waals surface area contributed by atoms with Gasteiger partial charge in [0.15, 0.2) is 0 Å². The fourth-order valence-corrected chi connectivity index (χ4v) is 2.70. The van der Waals surface area contributed by atoms with Crippen molar-refractivity contribution < 1.29 is 4.52 Å². The van der Waals surface area contributed by atoms with Crippen LogP contribution in [0.15, 0.2) is 59.3 Å². The molecule has 0 aliphatic heterocycles. The molecular weight excluding hydrogens is 298 g/mol. The van der Waals surface area contributed by atoms with Crippen LogP contribution >= 0.6 is 11.6 Å². The quantitative estimate of drug-likeness (QED) is 0.608. The fraction of sp³-hybridized carbons (Fsp3) is 0.0588. The first-order valence-corrected chi connectivity index (χ1v) is 7.31. The van der Waals surface area contributed by atoms with E-state index in [1.54, 1.807) is 0 Å². The number of para-hydroxylation sites is 1. The molecule has 108 valence electrons. The molecule has 0 amide bonds. The van der Waals surface area contributed by atoms with Gasteiger partial charge in [-0.25, -0.2) is 0 Å². The van der Waals surface area contributed by atoms with Gasteiger partial charge >= 0.3 is 0 Å². The minimum Gasteiger partial charge on any atom is -0.361 e. The lowest BCUT2D eigenvalue weighted by molar-refractivity contribution is 0.386. The number of aromatic amines is 1. The largest absolute Gasteiger partial charge is 0.361 e. The molecule has 2 aromatic heterocycles. The number of nitrogens with one attached hydrogen (secondary N) is 1. The first-order valence-electron chi connectivity index (χ1n) is 6.93. The van der Waals surface area contributed by atoms with Crippen LogP contribution in [0.1, 0.15) is 11.5 Å². The van der Waals surface area contributed by atoms with Crippen molar-refractivity contribution in [1.82, 2.24) is 15.1 Å². The Bertz CT molecular complexity index is 942. The summed E-state index contributed by atoms with van der Waals surface area (Å²) in [6, 6.07) is 15.6. The lowest BCUT2D eigenvalue weighted by atomic mass is 10.1. The molecule has 2 heterocycles. The standard InChI is InChI=1S/C17H12ClN3O/c18-13-5-3-4-11(8-13)17-20-16(22-21-17)9-12-10-19-15-7-2-1-6-14(12)15/h1-8,10,19H,9H2. The normalized spacial score (nSPS) is 11.1. The van der Waals surface area contributed by atoms with Crippen molar-refractivity contribution in [1.29, 1.82) is 0 Å². The van der Waals surface area contributed by atoms with Crippen molar-refractivity contribution >= 4 is 22.5 Å². The zero-order valence-electron chi connectivity index (χ0n) is 11.6. The highest BCUT2D eigenvalue weighted by molar-refractivity contribution is 6.30. The molecule has 0 unspecified atom stereocenters. The van der Waals surface area contributed by atoms with Crippen LogP contribution in [0.5, 0.6) is 0 Å². The second kappa shape index (κ2) is 5.31. The van der Waals surface area contributed by atoms with E-state index in [4.69, 9.17) is 16.1 Å². The van der Waals surface area contributed by atoms with Crippen LogP contribution in [0.4, 0.5) is 0 Å². The Morgan fingerprint density at radius 1 is 1.09 bits per heavy atom. The van der Waals surface area contributed by atoms with Gasteiger partial charge in [0.25, 0.3) is 0 Å². The van der Waals surface area contributed by atoms with Crippen LogP contribution < -0.4 is 0 Å². The van der Waals surface area contributed by atoms with Crippen molar-refractivity contribution in [2.45, 2.75) is 6.42 Å². The molecule has 0 atom stereocenters. The van der Waals surface area contributed by atoms with Gasteiger partial charge < -0.3 is 9.51 Å². The molecular formula is C17H12ClN3O. The maximum absolute atomic E-state index is 5.99. The van der Waals surface area contributed by atoms with Gasteiger partial charge in [-0.1, -0.05) is 47.1 Å². The fourth-order valence-electron chi connectivity index (χ4n) is 2.51. The van der Waals surface area contributed by atoms with Gasteiger partial charge in [0.05, 0.1) is 6.42 Å². The number of nitrogens with zero attached hydrogens (tertiary/aromatic N) is 2. The number of fused-ring (bicyclic) bond motifs is 1. The SMILES string of the molecule is Clc1cccc(-c2noc(Cc3c[nH]c4ccccc34)n2)c1. The van der Waals surface area contributed by atoms with Gasteiger partial charge in [0.2, 0.25) is 11.7 Å². The number of rotatable bonds is 3. The topological polar surface area (TPSA) is 54.7 Å². The highest BCUT2D eigenvalue weighted by atomic mass is 35.5. The van der Waals surface area contributed by atoms with E-state index in [1.165, 1.54) is 5.39 Å². The third kappa shape index (κ3) is 2.38. The van der Waals surface area contributed by atoms with Crippen molar-refractivity contribution in [2.75, 3.05) is 0 Å². The number of H-pyrrole nitrogens is 1. The molecule has 0 fully saturated rings. The minimum atomic E-state index is 0.553. The predicted octanol–water partition coefficient (Wildman–Crippen LogP) is 4.46. The Balaban J connectivity index is 1.65. The van der Waals surface area contributed by atoms with E-state index in [-0.39, 0.29) is 0 Å². The summed E-state index contributed by atoms with van der Waals surface area (Å²) < 4.78 is 5.36. The molecule has 0 spiro atoms. The van der Waals surface area contributed by atoms with Gasteiger partial charge in [0.1, 0.15) is 0 Å². The number of hydrogen-bond acceptors (Lipinski definition) is 3. The van der Waals surface area contributed by atoms with E-state index < -0.39 is 0 Å². The van der Waals surface area contributed by atoms with E-state index >= 15 is 0 Å². The Hall–Kier alpha value is -2.59. The Kier molecular flexibility index (Phi) is 3.16. The lowest BCUT2D eigenvalue weighted by Gasteiger charge is -1.95. The highest BCUT2D eigenvalue weighted by Crippen LogP contribution is 2.23. The van der Waals surface area contributed by atoms with Crippen LogP contribution in [-0.4, -0.2) is 15.1 Å². The molecule has 0 aliphatic rings. The van der Waals surface area contributed by atoms with Gasteiger partial charge in [-0.2, -0.15) is 4.98 Å². The van der Waals surface area contributed by atoms with E-state index in [0.717, 1.165) is 16.6 Å². The molecule has 0 aliphatic carbocycles. The average molecular weight is 310 g/mol. The molecule has 22 heavy (non-hydrogen) atoms. The zero-order chi connectivity index (χ0) is 14.9. The highest BCUT2D eigenvalue weighted by Gasteiger charge is 2.11. The first-order chi connectivity index (χ1) is 10.8. The van der Waals surface area contributed by atoms with E-state index in [2.05, 4.69) is 21.2 Å². The number of halogens is 1. The van der Waals surface area contributed by atoms with Crippen LogP contribution in [0.2, 0.25) is 5.02 Å². The molecule has 4 nitrogen and oxygen atoms in total. The summed E-state index contributed by atoms with van der Waals surface area (Å²) in [5, 5.41) is 5.86. The molecule has 5 heteroatoms.